The second-order valence-electron chi connectivity index (χ2n) is 5.64. The van der Waals surface area contributed by atoms with Crippen molar-refractivity contribution in [2.24, 2.45) is 11.7 Å². The Morgan fingerprint density at radius 3 is 2.24 bits per heavy atom. The van der Waals surface area contributed by atoms with Gasteiger partial charge in [0.15, 0.2) is 0 Å². The van der Waals surface area contributed by atoms with Crippen LogP contribution in [0.4, 0.5) is 0 Å². The molecule has 0 aromatic heterocycles. The molecule has 0 spiro atoms. The summed E-state index contributed by atoms with van der Waals surface area (Å²) in [6.45, 7) is 12.3. The van der Waals surface area contributed by atoms with Crippen LogP contribution in [0.25, 0.3) is 0 Å². The van der Waals surface area contributed by atoms with Crippen LogP contribution in [-0.2, 0) is 9.53 Å². The predicted octanol–water partition coefficient (Wildman–Crippen LogP) is 1.63. The number of rotatable bonds is 7. The first-order valence-corrected chi connectivity index (χ1v) is 6.32. The molecule has 0 aliphatic rings. The van der Waals surface area contributed by atoms with E-state index in [0.29, 0.717) is 18.4 Å². The van der Waals surface area contributed by atoms with Gasteiger partial charge < -0.3 is 15.4 Å². The Morgan fingerprint density at radius 2 is 1.88 bits per heavy atom. The first kappa shape index (κ1) is 16.4. The third-order valence-electron chi connectivity index (χ3n) is 2.90. The first-order valence-electron chi connectivity index (χ1n) is 6.32. The average molecular weight is 244 g/mol. The predicted molar refractivity (Wildman–Crippen MR) is 70.8 cm³/mol. The molecule has 0 rings (SSSR count). The summed E-state index contributed by atoms with van der Waals surface area (Å²) in [6.07, 6.45) is 0.616. The summed E-state index contributed by atoms with van der Waals surface area (Å²) in [5.74, 6) is 0.269. The van der Waals surface area contributed by atoms with Gasteiger partial charge in [-0.05, 0) is 33.1 Å². The molecule has 1 unspecified atom stereocenters. The standard InChI is InChI=1S/C13H28N2O2/c1-10(2)9-15(11(3)4)8-7-13(5,14)12(16)17-6/h10-11H,7-9,14H2,1-6H3. The molecule has 4 heteroatoms. The lowest BCUT2D eigenvalue weighted by atomic mass is 9.98. The summed E-state index contributed by atoms with van der Waals surface area (Å²) in [4.78, 5) is 13.8. The van der Waals surface area contributed by atoms with Gasteiger partial charge in [0, 0.05) is 19.1 Å². The first-order chi connectivity index (χ1) is 7.70. The van der Waals surface area contributed by atoms with Gasteiger partial charge in [-0.25, -0.2) is 0 Å². The Kier molecular flexibility index (Phi) is 6.72. The van der Waals surface area contributed by atoms with Crippen molar-refractivity contribution in [1.82, 2.24) is 4.90 Å². The van der Waals surface area contributed by atoms with Crippen LogP contribution in [0.2, 0.25) is 0 Å². The van der Waals surface area contributed by atoms with E-state index in [1.165, 1.54) is 7.11 Å². The lowest BCUT2D eigenvalue weighted by Gasteiger charge is -2.31. The molecule has 0 amide bonds. The Morgan fingerprint density at radius 1 is 1.35 bits per heavy atom. The van der Waals surface area contributed by atoms with Crippen LogP contribution in [0.3, 0.4) is 0 Å². The second-order valence-corrected chi connectivity index (χ2v) is 5.64. The monoisotopic (exact) mass is 244 g/mol. The molecule has 1 atom stereocenters. The number of hydrogen-bond acceptors (Lipinski definition) is 4. The topological polar surface area (TPSA) is 55.6 Å². The Hall–Kier alpha value is -0.610. The van der Waals surface area contributed by atoms with Gasteiger partial charge in [-0.1, -0.05) is 13.8 Å². The summed E-state index contributed by atoms with van der Waals surface area (Å²) in [5.41, 5.74) is 5.06. The lowest BCUT2D eigenvalue weighted by molar-refractivity contribution is -0.146. The second kappa shape index (κ2) is 6.97. The summed E-state index contributed by atoms with van der Waals surface area (Å²) in [5, 5.41) is 0. The van der Waals surface area contributed by atoms with Crippen molar-refractivity contribution in [2.45, 2.75) is 52.6 Å². The summed E-state index contributed by atoms with van der Waals surface area (Å²) in [6, 6.07) is 0.464. The molecule has 0 saturated heterocycles. The van der Waals surface area contributed by atoms with Gasteiger partial charge in [0.2, 0.25) is 0 Å². The highest BCUT2D eigenvalue weighted by Gasteiger charge is 2.30. The maximum absolute atomic E-state index is 11.5. The summed E-state index contributed by atoms with van der Waals surface area (Å²) < 4.78 is 4.71. The number of ether oxygens (including phenoxy) is 1. The quantitative estimate of drug-likeness (QED) is 0.692. The van der Waals surface area contributed by atoms with E-state index < -0.39 is 5.54 Å². The molecule has 0 fully saturated rings. The van der Waals surface area contributed by atoms with Gasteiger partial charge in [0.1, 0.15) is 5.54 Å². The third-order valence-corrected chi connectivity index (χ3v) is 2.90. The van der Waals surface area contributed by atoms with E-state index in [1.54, 1.807) is 6.92 Å². The molecule has 0 aromatic carbocycles. The van der Waals surface area contributed by atoms with Gasteiger partial charge in [-0.2, -0.15) is 0 Å². The smallest absolute Gasteiger partial charge is 0.325 e. The van der Waals surface area contributed by atoms with Crippen molar-refractivity contribution in [3.8, 4) is 0 Å². The number of carbonyl (C=O) groups excluding carboxylic acids is 1. The van der Waals surface area contributed by atoms with Crippen molar-refractivity contribution in [3.05, 3.63) is 0 Å². The van der Waals surface area contributed by atoms with Crippen LogP contribution in [-0.4, -0.2) is 42.6 Å². The molecule has 0 bridgehead atoms. The molecule has 0 radical (unpaired) electrons. The van der Waals surface area contributed by atoms with Crippen molar-refractivity contribution in [1.29, 1.82) is 0 Å². The lowest BCUT2D eigenvalue weighted by Crippen LogP contribution is -2.49. The van der Waals surface area contributed by atoms with E-state index in [1.807, 2.05) is 0 Å². The number of methoxy groups -OCH3 is 1. The fraction of sp³-hybridized carbons (Fsp3) is 0.923. The normalized spacial score (nSPS) is 15.4. The van der Waals surface area contributed by atoms with E-state index in [2.05, 4.69) is 32.6 Å². The number of nitrogens with zero attached hydrogens (tertiary/aromatic N) is 1. The molecular formula is C13H28N2O2. The van der Waals surface area contributed by atoms with Gasteiger partial charge in [-0.3, -0.25) is 4.79 Å². The molecular weight excluding hydrogens is 216 g/mol. The maximum Gasteiger partial charge on any atom is 0.325 e. The van der Waals surface area contributed by atoms with Gasteiger partial charge in [0.25, 0.3) is 0 Å². The molecule has 0 aromatic rings. The summed E-state index contributed by atoms with van der Waals surface area (Å²) in [7, 11) is 1.38. The number of esters is 1. The van der Waals surface area contributed by atoms with E-state index in [4.69, 9.17) is 10.5 Å². The molecule has 0 aliphatic heterocycles. The molecule has 17 heavy (non-hydrogen) atoms. The van der Waals surface area contributed by atoms with E-state index in [9.17, 15) is 4.79 Å². The number of nitrogens with two attached hydrogens (primary N) is 1. The molecule has 102 valence electrons. The van der Waals surface area contributed by atoms with Crippen LogP contribution in [0.1, 0.15) is 41.0 Å². The highest BCUT2D eigenvalue weighted by atomic mass is 16.5. The minimum Gasteiger partial charge on any atom is -0.468 e. The SMILES string of the molecule is COC(=O)C(C)(N)CCN(CC(C)C)C(C)C. The van der Waals surface area contributed by atoms with Crippen LogP contribution in [0, 0.1) is 5.92 Å². The highest BCUT2D eigenvalue weighted by Crippen LogP contribution is 2.12. The van der Waals surface area contributed by atoms with Crippen molar-refractivity contribution in [3.63, 3.8) is 0 Å². The van der Waals surface area contributed by atoms with E-state index in [-0.39, 0.29) is 5.97 Å². The zero-order valence-electron chi connectivity index (χ0n) is 12.1. The van der Waals surface area contributed by atoms with Crippen LogP contribution in [0.15, 0.2) is 0 Å². The fourth-order valence-electron chi connectivity index (χ4n) is 1.74. The van der Waals surface area contributed by atoms with Crippen molar-refractivity contribution >= 4 is 5.97 Å². The van der Waals surface area contributed by atoms with E-state index >= 15 is 0 Å². The minimum absolute atomic E-state index is 0.342. The van der Waals surface area contributed by atoms with Crippen LogP contribution >= 0.6 is 0 Å². The third kappa shape index (κ3) is 6.03. The zero-order chi connectivity index (χ0) is 13.6. The Balaban J connectivity index is 4.34. The van der Waals surface area contributed by atoms with Crippen molar-refractivity contribution < 1.29 is 9.53 Å². The van der Waals surface area contributed by atoms with Gasteiger partial charge in [-0.15, -0.1) is 0 Å². The van der Waals surface area contributed by atoms with Crippen LogP contribution in [0.5, 0.6) is 0 Å². The average Bonchev–Trinajstić information content (AvgIpc) is 2.22. The highest BCUT2D eigenvalue weighted by molar-refractivity contribution is 5.79. The Labute approximate surface area is 105 Å². The molecule has 2 N–H and O–H groups in total. The van der Waals surface area contributed by atoms with Crippen LogP contribution < -0.4 is 5.73 Å². The fourth-order valence-corrected chi connectivity index (χ4v) is 1.74. The molecule has 0 heterocycles. The number of hydrogen-bond donors (Lipinski definition) is 1. The van der Waals surface area contributed by atoms with Gasteiger partial charge >= 0.3 is 5.97 Å². The maximum atomic E-state index is 11.5. The zero-order valence-corrected chi connectivity index (χ0v) is 12.1. The Bertz CT molecular complexity index is 238. The molecule has 0 aliphatic carbocycles. The van der Waals surface area contributed by atoms with Gasteiger partial charge in [0.05, 0.1) is 7.11 Å². The summed E-state index contributed by atoms with van der Waals surface area (Å²) >= 11 is 0. The molecule has 4 nitrogen and oxygen atoms in total. The van der Waals surface area contributed by atoms with E-state index in [0.717, 1.165) is 13.1 Å². The molecule has 0 saturated carbocycles. The largest absolute Gasteiger partial charge is 0.468 e. The minimum atomic E-state index is -0.890. The number of carbonyl (C=O) groups is 1. The van der Waals surface area contributed by atoms with Crippen molar-refractivity contribution in [2.75, 3.05) is 20.2 Å².